The molecule has 2 aliphatic heterocycles. The quantitative estimate of drug-likeness (QED) is 0.882. The zero-order valence-corrected chi connectivity index (χ0v) is 16.0. The van der Waals surface area contributed by atoms with Gasteiger partial charge in [0.1, 0.15) is 0 Å². The maximum atomic E-state index is 2.86. The summed E-state index contributed by atoms with van der Waals surface area (Å²) in [6, 6.07) is 13.1. The van der Waals surface area contributed by atoms with Gasteiger partial charge in [0.15, 0.2) is 0 Å². The molecule has 0 bridgehead atoms. The lowest BCUT2D eigenvalue weighted by Gasteiger charge is -2.42. The van der Waals surface area contributed by atoms with E-state index in [0.29, 0.717) is 0 Å². The Hall–Kier alpha value is -0.860. The van der Waals surface area contributed by atoms with Crippen molar-refractivity contribution in [1.82, 2.24) is 4.90 Å². The molecule has 1 aromatic rings. The normalized spacial score (nSPS) is 30.9. The van der Waals surface area contributed by atoms with E-state index in [1.807, 2.05) is 4.90 Å². The number of quaternary nitrogens is 1. The third kappa shape index (κ3) is 4.46. The number of rotatable bonds is 3. The molecule has 0 radical (unpaired) electrons. The summed E-state index contributed by atoms with van der Waals surface area (Å²) in [6.45, 7) is 5.64. The number of benzene rings is 1. The Balaban J connectivity index is 1.23. The van der Waals surface area contributed by atoms with Crippen molar-refractivity contribution in [1.29, 1.82) is 0 Å². The van der Waals surface area contributed by atoms with E-state index in [0.717, 1.165) is 18.0 Å². The van der Waals surface area contributed by atoms with Crippen molar-refractivity contribution < 1.29 is 4.90 Å². The highest BCUT2D eigenvalue weighted by atomic mass is 15.2. The van der Waals surface area contributed by atoms with E-state index >= 15 is 0 Å². The van der Waals surface area contributed by atoms with Gasteiger partial charge in [-0.2, -0.15) is 0 Å². The number of likely N-dealkylation sites (tertiary alicyclic amines) is 2. The Kier molecular flexibility index (Phi) is 6.10. The summed E-state index contributed by atoms with van der Waals surface area (Å²) in [6.07, 6.45) is 14.4. The van der Waals surface area contributed by atoms with Crippen LogP contribution < -0.4 is 4.90 Å². The third-order valence-electron chi connectivity index (χ3n) is 7.34. The van der Waals surface area contributed by atoms with Crippen molar-refractivity contribution in [3.05, 3.63) is 35.9 Å². The molecule has 0 amide bonds. The minimum atomic E-state index is 0.816. The van der Waals surface area contributed by atoms with Gasteiger partial charge in [-0.05, 0) is 62.8 Å². The Morgan fingerprint density at radius 2 is 1.36 bits per heavy atom. The van der Waals surface area contributed by atoms with Gasteiger partial charge in [-0.3, -0.25) is 4.90 Å². The van der Waals surface area contributed by atoms with Gasteiger partial charge in [0, 0.05) is 32.0 Å². The molecular weight excluding hydrogens is 304 g/mol. The van der Waals surface area contributed by atoms with E-state index in [1.54, 1.807) is 5.56 Å². The molecule has 2 heteroatoms. The Morgan fingerprint density at radius 3 is 2.00 bits per heavy atom. The molecule has 138 valence electrons. The maximum Gasteiger partial charge on any atom is 0.0899 e. The lowest BCUT2D eigenvalue weighted by molar-refractivity contribution is -0.926. The van der Waals surface area contributed by atoms with Crippen LogP contribution in [-0.2, 0) is 0 Å². The standard InChI is InChI=1S/C23H36N2/c1-2-7-17-24(16-6-1)23-14-18-25(19-15-23)22-12-10-21(11-13-22)20-8-4-3-5-9-20/h3-5,8-9,21-23H,1-2,6-7,10-19H2/p+1. The summed E-state index contributed by atoms with van der Waals surface area (Å²) in [5.41, 5.74) is 1.57. The zero-order chi connectivity index (χ0) is 16.9. The Bertz CT molecular complexity index is 490. The fraction of sp³-hybridized carbons (Fsp3) is 0.739. The van der Waals surface area contributed by atoms with Crippen LogP contribution in [0.3, 0.4) is 0 Å². The predicted molar refractivity (Wildman–Crippen MR) is 105 cm³/mol. The second-order valence-corrected chi connectivity index (χ2v) is 8.80. The Morgan fingerprint density at radius 1 is 0.720 bits per heavy atom. The first-order valence-corrected chi connectivity index (χ1v) is 11.0. The third-order valence-corrected chi connectivity index (χ3v) is 7.34. The SMILES string of the molecule is c1ccc(C2CCC(N3CCC([NH+]4CCCCCC4)CC3)CC2)cc1. The molecule has 1 saturated carbocycles. The number of piperidine rings is 1. The van der Waals surface area contributed by atoms with E-state index in [-0.39, 0.29) is 0 Å². The van der Waals surface area contributed by atoms with E-state index in [2.05, 4.69) is 35.2 Å². The molecule has 3 aliphatic rings. The summed E-state index contributed by atoms with van der Waals surface area (Å²) in [5, 5.41) is 0. The average molecular weight is 342 g/mol. The van der Waals surface area contributed by atoms with Gasteiger partial charge in [-0.25, -0.2) is 0 Å². The molecule has 1 N–H and O–H groups in total. The maximum absolute atomic E-state index is 2.86. The topological polar surface area (TPSA) is 7.68 Å². The Labute approximate surface area is 154 Å². The largest absolute Gasteiger partial charge is 0.332 e. The van der Waals surface area contributed by atoms with Gasteiger partial charge in [-0.15, -0.1) is 0 Å². The predicted octanol–water partition coefficient (Wildman–Crippen LogP) is 3.64. The minimum Gasteiger partial charge on any atom is -0.332 e. The second-order valence-electron chi connectivity index (χ2n) is 8.80. The lowest BCUT2D eigenvalue weighted by atomic mass is 9.81. The van der Waals surface area contributed by atoms with Crippen LogP contribution in [0, 0.1) is 0 Å². The molecular formula is C23H37N2+. The van der Waals surface area contributed by atoms with Crippen LogP contribution in [0.15, 0.2) is 30.3 Å². The van der Waals surface area contributed by atoms with Crippen LogP contribution in [0.5, 0.6) is 0 Å². The van der Waals surface area contributed by atoms with Crippen molar-refractivity contribution in [2.45, 2.75) is 82.2 Å². The summed E-state index contributed by atoms with van der Waals surface area (Å²) in [7, 11) is 0. The first-order valence-electron chi connectivity index (χ1n) is 11.0. The molecule has 25 heavy (non-hydrogen) atoms. The molecule has 0 unspecified atom stereocenters. The number of nitrogens with one attached hydrogen (secondary N) is 1. The van der Waals surface area contributed by atoms with Gasteiger partial charge in [0.25, 0.3) is 0 Å². The zero-order valence-electron chi connectivity index (χ0n) is 16.0. The van der Waals surface area contributed by atoms with Gasteiger partial charge in [0.2, 0.25) is 0 Å². The molecule has 2 heterocycles. The van der Waals surface area contributed by atoms with Gasteiger partial charge in [-0.1, -0.05) is 30.3 Å². The number of hydrogen-bond acceptors (Lipinski definition) is 1. The van der Waals surface area contributed by atoms with Crippen molar-refractivity contribution in [3.63, 3.8) is 0 Å². The average Bonchev–Trinajstić information content (AvgIpc) is 2.99. The number of nitrogens with zero attached hydrogens (tertiary/aromatic N) is 1. The molecule has 2 nitrogen and oxygen atoms in total. The van der Waals surface area contributed by atoms with Crippen molar-refractivity contribution in [2.24, 2.45) is 0 Å². The van der Waals surface area contributed by atoms with E-state index in [9.17, 15) is 0 Å². The van der Waals surface area contributed by atoms with Crippen molar-refractivity contribution in [2.75, 3.05) is 26.2 Å². The van der Waals surface area contributed by atoms with Crippen LogP contribution in [0.4, 0.5) is 0 Å². The first kappa shape index (κ1) is 17.5. The van der Waals surface area contributed by atoms with Crippen LogP contribution >= 0.6 is 0 Å². The smallest absolute Gasteiger partial charge is 0.0899 e. The number of hydrogen-bond donors (Lipinski definition) is 1. The summed E-state index contributed by atoms with van der Waals surface area (Å²) >= 11 is 0. The fourth-order valence-corrected chi connectivity index (χ4v) is 5.76. The van der Waals surface area contributed by atoms with Crippen LogP contribution in [-0.4, -0.2) is 43.2 Å². The van der Waals surface area contributed by atoms with E-state index in [4.69, 9.17) is 0 Å². The minimum absolute atomic E-state index is 0.816. The highest BCUT2D eigenvalue weighted by Crippen LogP contribution is 2.35. The van der Waals surface area contributed by atoms with Gasteiger partial charge < -0.3 is 4.90 Å². The molecule has 0 atom stereocenters. The fourth-order valence-electron chi connectivity index (χ4n) is 5.76. The van der Waals surface area contributed by atoms with Crippen LogP contribution in [0.1, 0.15) is 75.7 Å². The molecule has 0 aromatic heterocycles. The monoisotopic (exact) mass is 341 g/mol. The van der Waals surface area contributed by atoms with Gasteiger partial charge in [0.05, 0.1) is 19.1 Å². The molecule has 3 fully saturated rings. The molecule has 2 saturated heterocycles. The lowest BCUT2D eigenvalue weighted by Crippen LogP contribution is -3.16. The molecule has 0 spiro atoms. The summed E-state index contributed by atoms with van der Waals surface area (Å²) < 4.78 is 0. The van der Waals surface area contributed by atoms with Gasteiger partial charge >= 0.3 is 0 Å². The van der Waals surface area contributed by atoms with E-state index < -0.39 is 0 Å². The molecule has 4 rings (SSSR count). The first-order chi connectivity index (χ1) is 12.4. The van der Waals surface area contributed by atoms with Crippen molar-refractivity contribution >= 4 is 0 Å². The summed E-state index contributed by atoms with van der Waals surface area (Å²) in [4.78, 5) is 4.81. The molecule has 1 aliphatic carbocycles. The summed E-state index contributed by atoms with van der Waals surface area (Å²) in [5.74, 6) is 0.816. The van der Waals surface area contributed by atoms with Crippen molar-refractivity contribution in [3.8, 4) is 0 Å². The van der Waals surface area contributed by atoms with Crippen LogP contribution in [0.25, 0.3) is 0 Å². The van der Waals surface area contributed by atoms with E-state index in [1.165, 1.54) is 90.4 Å². The van der Waals surface area contributed by atoms with Crippen LogP contribution in [0.2, 0.25) is 0 Å². The second kappa shape index (κ2) is 8.68. The highest BCUT2D eigenvalue weighted by Gasteiger charge is 2.32. The highest BCUT2D eigenvalue weighted by molar-refractivity contribution is 5.20. The molecule has 1 aromatic carbocycles.